The summed E-state index contributed by atoms with van der Waals surface area (Å²) in [7, 11) is 0. The molecule has 0 saturated carbocycles. The highest BCUT2D eigenvalue weighted by Crippen LogP contribution is 2.32. The number of carbonyl (C=O) groups is 1. The lowest BCUT2D eigenvalue weighted by Crippen LogP contribution is -2.31. The summed E-state index contributed by atoms with van der Waals surface area (Å²) in [6.07, 6.45) is -2.39. The summed E-state index contributed by atoms with van der Waals surface area (Å²) >= 11 is 0. The molecule has 1 aromatic rings. The molecule has 9 heteroatoms. The summed E-state index contributed by atoms with van der Waals surface area (Å²) in [5.74, 6) is -3.68. The van der Waals surface area contributed by atoms with Crippen LogP contribution in [0.2, 0.25) is 0 Å². The number of esters is 1. The zero-order valence-electron chi connectivity index (χ0n) is 10.4. The average Bonchev–Trinajstić information content (AvgIpc) is 2.40. The first-order valence-electron chi connectivity index (χ1n) is 5.52. The van der Waals surface area contributed by atoms with Crippen LogP contribution in [0.15, 0.2) is 12.1 Å². The molecule has 0 heterocycles. The molecule has 0 aliphatic rings. The number of hydrogen-bond acceptors (Lipinski definition) is 6. The minimum Gasteiger partial charge on any atom is -0.505 e. The first-order chi connectivity index (χ1) is 9.29. The minimum absolute atomic E-state index is 0.0960. The molecule has 0 saturated heterocycles. The Hall–Kier alpha value is -2.29. The number of ether oxygens (including phenoxy) is 1. The molecule has 0 fully saturated rings. The maximum Gasteiger partial charge on any atom is 0.342 e. The number of hydrogen-bond donors (Lipinski definition) is 2. The Morgan fingerprint density at radius 3 is 2.70 bits per heavy atom. The molecule has 2 atom stereocenters. The molecular weight excluding hydrogens is 278 g/mol. The van der Waals surface area contributed by atoms with Crippen LogP contribution < -0.4 is 5.73 Å². The molecule has 0 aliphatic carbocycles. The first-order valence-corrected chi connectivity index (χ1v) is 5.52. The van der Waals surface area contributed by atoms with E-state index < -0.39 is 45.9 Å². The lowest BCUT2D eigenvalue weighted by atomic mass is 10.0. The van der Waals surface area contributed by atoms with Crippen LogP contribution in [-0.4, -0.2) is 28.8 Å². The number of non-ortho nitro benzene ring substituents is 1. The molecule has 20 heavy (non-hydrogen) atoms. The van der Waals surface area contributed by atoms with E-state index in [1.54, 1.807) is 0 Å². The van der Waals surface area contributed by atoms with E-state index in [0.29, 0.717) is 12.1 Å². The Morgan fingerprint density at radius 1 is 1.60 bits per heavy atom. The Labute approximate surface area is 112 Å². The summed E-state index contributed by atoms with van der Waals surface area (Å²) in [4.78, 5) is 20.8. The van der Waals surface area contributed by atoms with Gasteiger partial charge in [-0.1, -0.05) is 0 Å². The summed E-state index contributed by atoms with van der Waals surface area (Å²) in [6, 6.07) is -0.624. The molecule has 0 spiro atoms. The fraction of sp³-hybridized carbons (Fsp3) is 0.364. The standard InChI is InChI=1S/C11H12F2N2O5/c1-2-20-11(17)8(13)9(14)6-3-5(15(18)19)4-7(12)10(6)16/h3-4,8-9,16H,2,14H2,1H3/t8?,9-/m1/s1. The van der Waals surface area contributed by atoms with Crippen LogP contribution in [-0.2, 0) is 9.53 Å². The number of phenols is 1. The SMILES string of the molecule is CCOC(=O)C(F)[C@H](N)c1cc([N+](=O)[O-])cc(F)c1O. The van der Waals surface area contributed by atoms with Crippen LogP contribution in [0.5, 0.6) is 5.75 Å². The highest BCUT2D eigenvalue weighted by molar-refractivity contribution is 5.76. The Bertz CT molecular complexity index is 538. The highest BCUT2D eigenvalue weighted by Gasteiger charge is 2.32. The van der Waals surface area contributed by atoms with Crippen LogP contribution in [0.3, 0.4) is 0 Å². The van der Waals surface area contributed by atoms with Gasteiger partial charge in [-0.2, -0.15) is 0 Å². The number of nitrogens with zero attached hydrogens (tertiary/aromatic N) is 1. The van der Waals surface area contributed by atoms with Crippen LogP contribution in [0.4, 0.5) is 14.5 Å². The van der Waals surface area contributed by atoms with Crippen molar-refractivity contribution in [3.8, 4) is 5.75 Å². The molecule has 0 aromatic heterocycles. The van der Waals surface area contributed by atoms with Crippen molar-refractivity contribution in [1.29, 1.82) is 0 Å². The van der Waals surface area contributed by atoms with Gasteiger partial charge in [0.25, 0.3) is 5.69 Å². The second kappa shape index (κ2) is 6.24. The van der Waals surface area contributed by atoms with Crippen molar-refractivity contribution in [2.45, 2.75) is 19.1 Å². The molecule has 110 valence electrons. The zero-order chi connectivity index (χ0) is 15.4. The van der Waals surface area contributed by atoms with Gasteiger partial charge in [0.05, 0.1) is 23.6 Å². The molecular formula is C11H12F2N2O5. The highest BCUT2D eigenvalue weighted by atomic mass is 19.1. The number of halogens is 2. The third-order valence-corrected chi connectivity index (χ3v) is 2.47. The maximum atomic E-state index is 13.7. The van der Waals surface area contributed by atoms with Gasteiger partial charge < -0.3 is 15.6 Å². The molecule has 0 amide bonds. The molecule has 3 N–H and O–H groups in total. The van der Waals surface area contributed by atoms with E-state index in [1.165, 1.54) is 6.92 Å². The first kappa shape index (κ1) is 15.8. The second-order valence-corrected chi connectivity index (χ2v) is 3.80. The van der Waals surface area contributed by atoms with Crippen molar-refractivity contribution < 1.29 is 28.3 Å². The largest absolute Gasteiger partial charge is 0.505 e. The van der Waals surface area contributed by atoms with Gasteiger partial charge in [-0.3, -0.25) is 10.1 Å². The number of benzene rings is 1. The van der Waals surface area contributed by atoms with Gasteiger partial charge in [-0.05, 0) is 6.92 Å². The van der Waals surface area contributed by atoms with Crippen LogP contribution in [0.1, 0.15) is 18.5 Å². The maximum absolute atomic E-state index is 13.7. The lowest BCUT2D eigenvalue weighted by Gasteiger charge is -2.17. The lowest BCUT2D eigenvalue weighted by molar-refractivity contribution is -0.385. The molecule has 1 unspecified atom stereocenters. The fourth-order valence-corrected chi connectivity index (χ4v) is 1.49. The number of phenolic OH excluding ortho intramolecular Hbond substituents is 1. The van der Waals surface area contributed by atoms with Crippen molar-refractivity contribution in [3.05, 3.63) is 33.6 Å². The number of nitro benzene ring substituents is 1. The normalized spacial score (nSPS) is 13.6. The minimum atomic E-state index is -2.39. The predicted molar refractivity (Wildman–Crippen MR) is 63.2 cm³/mol. The van der Waals surface area contributed by atoms with Crippen molar-refractivity contribution >= 4 is 11.7 Å². The average molecular weight is 290 g/mol. The fourth-order valence-electron chi connectivity index (χ4n) is 1.49. The van der Waals surface area contributed by atoms with Crippen molar-refractivity contribution in [1.82, 2.24) is 0 Å². The van der Waals surface area contributed by atoms with Gasteiger partial charge in [0.1, 0.15) is 0 Å². The van der Waals surface area contributed by atoms with E-state index in [0.717, 1.165) is 0 Å². The second-order valence-electron chi connectivity index (χ2n) is 3.80. The molecule has 0 radical (unpaired) electrons. The predicted octanol–water partition coefficient (Wildman–Crippen LogP) is 1.34. The van der Waals surface area contributed by atoms with Gasteiger partial charge in [-0.15, -0.1) is 0 Å². The van der Waals surface area contributed by atoms with E-state index in [-0.39, 0.29) is 6.61 Å². The van der Waals surface area contributed by atoms with Crippen molar-refractivity contribution in [3.63, 3.8) is 0 Å². The van der Waals surface area contributed by atoms with E-state index in [1.807, 2.05) is 0 Å². The van der Waals surface area contributed by atoms with Crippen LogP contribution in [0.25, 0.3) is 0 Å². The van der Waals surface area contributed by atoms with E-state index in [2.05, 4.69) is 4.74 Å². The Morgan fingerprint density at radius 2 is 2.20 bits per heavy atom. The number of rotatable bonds is 5. The van der Waals surface area contributed by atoms with Gasteiger partial charge >= 0.3 is 5.97 Å². The smallest absolute Gasteiger partial charge is 0.342 e. The number of nitrogens with two attached hydrogens (primary N) is 1. The van der Waals surface area contributed by atoms with Crippen LogP contribution >= 0.6 is 0 Å². The van der Waals surface area contributed by atoms with E-state index in [4.69, 9.17) is 5.73 Å². The van der Waals surface area contributed by atoms with Gasteiger partial charge in [0, 0.05) is 11.6 Å². The molecule has 1 rings (SSSR count). The molecule has 1 aromatic carbocycles. The van der Waals surface area contributed by atoms with E-state index >= 15 is 0 Å². The van der Waals surface area contributed by atoms with Gasteiger partial charge in [0.15, 0.2) is 11.6 Å². The number of alkyl halides is 1. The van der Waals surface area contributed by atoms with Crippen molar-refractivity contribution in [2.24, 2.45) is 5.73 Å². The number of nitro groups is 1. The van der Waals surface area contributed by atoms with Gasteiger partial charge in [0.2, 0.25) is 6.17 Å². The molecule has 7 nitrogen and oxygen atoms in total. The quantitative estimate of drug-likeness (QED) is 0.480. The Balaban J connectivity index is 3.17. The van der Waals surface area contributed by atoms with Gasteiger partial charge in [-0.25, -0.2) is 13.6 Å². The summed E-state index contributed by atoms with van der Waals surface area (Å²) < 4.78 is 31.4. The summed E-state index contributed by atoms with van der Waals surface area (Å²) in [5.41, 5.74) is 4.08. The van der Waals surface area contributed by atoms with Crippen molar-refractivity contribution in [2.75, 3.05) is 6.61 Å². The zero-order valence-corrected chi connectivity index (χ0v) is 10.4. The third-order valence-electron chi connectivity index (χ3n) is 2.47. The van der Waals surface area contributed by atoms with E-state index in [9.17, 15) is 28.8 Å². The number of aromatic hydroxyl groups is 1. The summed E-state index contributed by atoms with van der Waals surface area (Å²) in [5, 5.41) is 20.0. The monoisotopic (exact) mass is 290 g/mol. The third kappa shape index (κ3) is 3.18. The Kier molecular flexibility index (Phi) is 4.92. The number of carbonyl (C=O) groups excluding carboxylic acids is 1. The topological polar surface area (TPSA) is 116 Å². The van der Waals surface area contributed by atoms with Crippen LogP contribution in [0, 0.1) is 15.9 Å². The summed E-state index contributed by atoms with van der Waals surface area (Å²) in [6.45, 7) is 1.35. The molecule has 0 bridgehead atoms. The molecule has 0 aliphatic heterocycles.